The third-order valence-electron chi connectivity index (χ3n) is 5.96. The first-order valence-corrected chi connectivity index (χ1v) is 12.5. The molecule has 1 N–H and O–H groups in total. The molecule has 5 heteroatoms. The lowest BCUT2D eigenvalue weighted by Crippen LogP contribution is -2.36. The molecule has 0 amide bonds. The number of nitrogens with zero attached hydrogens (tertiary/aromatic N) is 2. The van der Waals surface area contributed by atoms with Gasteiger partial charge in [-0.25, -0.2) is 0 Å². The largest absolute Gasteiger partial charge is 0.497 e. The molecule has 0 saturated heterocycles. The lowest BCUT2D eigenvalue weighted by Gasteiger charge is -2.30. The predicted octanol–water partition coefficient (Wildman–Crippen LogP) is 6.46. The maximum atomic E-state index is 9.47. The van der Waals surface area contributed by atoms with Gasteiger partial charge in [0.25, 0.3) is 0 Å². The van der Waals surface area contributed by atoms with Crippen LogP contribution in [0.2, 0.25) is 0 Å². The molecular weight excluding hydrogens is 521 g/mol. The van der Waals surface area contributed by atoms with Crippen LogP contribution in [0.1, 0.15) is 53.1 Å². The Hall–Kier alpha value is -2.87. The standard InChI is InChI=1S/C28H28IN3O/c1-20(32-28(14-15-30)24-10-12-26(33-2)13-11-24)27(25-5-3-4-23(16-25)19-31)17-21-6-8-22(18-29)9-7-21/h3-13,16,20,27-28,32H,14,17-18H2,1-2H3/t20-,27+,28?/m0/s1. The molecule has 3 rings (SSSR count). The van der Waals surface area contributed by atoms with Gasteiger partial charge in [-0.1, -0.05) is 71.1 Å². The van der Waals surface area contributed by atoms with E-state index >= 15 is 0 Å². The van der Waals surface area contributed by atoms with Crippen molar-refractivity contribution in [1.29, 1.82) is 10.5 Å². The normalized spacial score (nSPS) is 13.4. The number of benzene rings is 3. The van der Waals surface area contributed by atoms with E-state index in [1.807, 2.05) is 42.5 Å². The van der Waals surface area contributed by atoms with E-state index < -0.39 is 0 Å². The monoisotopic (exact) mass is 549 g/mol. The molecule has 4 nitrogen and oxygen atoms in total. The number of nitrogens with one attached hydrogen (secondary N) is 1. The molecule has 0 saturated carbocycles. The SMILES string of the molecule is COc1ccc(C(CC#N)N[C@@H](C)[C@@H](Cc2ccc(CI)cc2)c2cccc(C#N)c2)cc1. The van der Waals surface area contributed by atoms with Gasteiger partial charge in [-0.05, 0) is 59.9 Å². The van der Waals surface area contributed by atoms with E-state index in [9.17, 15) is 10.5 Å². The van der Waals surface area contributed by atoms with E-state index in [2.05, 4.69) is 77.3 Å². The van der Waals surface area contributed by atoms with Crippen LogP contribution in [0.25, 0.3) is 0 Å². The third kappa shape index (κ3) is 6.81. The zero-order valence-corrected chi connectivity index (χ0v) is 21.1. The van der Waals surface area contributed by atoms with E-state index in [4.69, 9.17) is 4.74 Å². The average Bonchev–Trinajstić information content (AvgIpc) is 2.87. The van der Waals surface area contributed by atoms with Gasteiger partial charge in [0.1, 0.15) is 5.75 Å². The minimum Gasteiger partial charge on any atom is -0.497 e. The number of halogens is 1. The summed E-state index contributed by atoms with van der Waals surface area (Å²) in [4.78, 5) is 0. The Kier molecular flexibility index (Phi) is 9.30. The highest BCUT2D eigenvalue weighted by atomic mass is 127. The number of alkyl halides is 1. The molecule has 0 aromatic heterocycles. The molecule has 0 heterocycles. The smallest absolute Gasteiger partial charge is 0.118 e. The Balaban J connectivity index is 1.89. The Morgan fingerprint density at radius 1 is 0.939 bits per heavy atom. The molecule has 0 bridgehead atoms. The number of hydrogen-bond donors (Lipinski definition) is 1. The Morgan fingerprint density at radius 2 is 1.64 bits per heavy atom. The minimum atomic E-state index is -0.0982. The van der Waals surface area contributed by atoms with Crippen LogP contribution < -0.4 is 10.1 Å². The molecule has 3 atom stereocenters. The summed E-state index contributed by atoms with van der Waals surface area (Å²) < 4.78 is 6.27. The van der Waals surface area contributed by atoms with E-state index in [1.54, 1.807) is 7.11 Å². The zero-order valence-electron chi connectivity index (χ0n) is 19.0. The summed E-state index contributed by atoms with van der Waals surface area (Å²) in [5.74, 6) is 0.937. The molecule has 0 spiro atoms. The summed E-state index contributed by atoms with van der Waals surface area (Å²) in [6.07, 6.45) is 1.21. The lowest BCUT2D eigenvalue weighted by molar-refractivity contribution is 0.398. The van der Waals surface area contributed by atoms with Gasteiger partial charge in [-0.2, -0.15) is 10.5 Å². The van der Waals surface area contributed by atoms with Crippen molar-refractivity contribution in [2.45, 2.75) is 42.2 Å². The second kappa shape index (κ2) is 12.4. The molecule has 0 radical (unpaired) electrons. The van der Waals surface area contributed by atoms with E-state index in [0.29, 0.717) is 12.0 Å². The lowest BCUT2D eigenvalue weighted by atomic mass is 9.85. The summed E-state index contributed by atoms with van der Waals surface area (Å²) in [6.45, 7) is 2.16. The van der Waals surface area contributed by atoms with E-state index in [1.165, 1.54) is 11.1 Å². The first-order chi connectivity index (χ1) is 16.1. The fraction of sp³-hybridized carbons (Fsp3) is 0.286. The highest BCUT2D eigenvalue weighted by Crippen LogP contribution is 2.29. The van der Waals surface area contributed by atoms with Gasteiger partial charge in [0.05, 0.1) is 31.2 Å². The number of methoxy groups -OCH3 is 1. The number of hydrogen-bond acceptors (Lipinski definition) is 4. The summed E-state index contributed by atoms with van der Waals surface area (Å²) >= 11 is 2.37. The molecule has 3 aromatic rings. The van der Waals surface area contributed by atoms with Crippen LogP contribution in [-0.2, 0) is 10.8 Å². The highest BCUT2D eigenvalue weighted by molar-refractivity contribution is 14.1. The van der Waals surface area contributed by atoms with Gasteiger partial charge < -0.3 is 10.1 Å². The maximum absolute atomic E-state index is 9.47. The topological polar surface area (TPSA) is 68.8 Å². The van der Waals surface area contributed by atoms with Crippen LogP contribution in [-0.4, -0.2) is 13.2 Å². The van der Waals surface area contributed by atoms with Crippen LogP contribution in [0.4, 0.5) is 0 Å². The van der Waals surface area contributed by atoms with Gasteiger partial charge in [0.15, 0.2) is 0 Å². The summed E-state index contributed by atoms with van der Waals surface area (Å²) in [7, 11) is 1.65. The van der Waals surface area contributed by atoms with Gasteiger partial charge in [-0.15, -0.1) is 0 Å². The van der Waals surface area contributed by atoms with Crippen molar-refractivity contribution in [1.82, 2.24) is 5.32 Å². The summed E-state index contributed by atoms with van der Waals surface area (Å²) in [5, 5.41) is 22.6. The van der Waals surface area contributed by atoms with Gasteiger partial charge in [0, 0.05) is 22.4 Å². The quantitative estimate of drug-likeness (QED) is 0.233. The Morgan fingerprint density at radius 3 is 2.24 bits per heavy atom. The van der Waals surface area contributed by atoms with E-state index in [0.717, 1.165) is 27.7 Å². The first-order valence-electron chi connectivity index (χ1n) is 11.0. The van der Waals surface area contributed by atoms with Crippen molar-refractivity contribution in [3.8, 4) is 17.9 Å². The Labute approximate surface area is 210 Å². The molecule has 3 aromatic carbocycles. The fourth-order valence-corrected chi connectivity index (χ4v) is 4.58. The number of nitriles is 2. The molecule has 0 fully saturated rings. The molecule has 1 unspecified atom stereocenters. The average molecular weight is 549 g/mol. The van der Waals surface area contributed by atoms with Gasteiger partial charge in [-0.3, -0.25) is 0 Å². The van der Waals surface area contributed by atoms with Crippen LogP contribution in [0.3, 0.4) is 0 Å². The molecule has 0 aliphatic rings. The summed E-state index contributed by atoms with van der Waals surface area (Å²) in [5.41, 5.74) is 5.40. The Bertz CT molecular complexity index is 1110. The third-order valence-corrected chi connectivity index (χ3v) is 6.84. The minimum absolute atomic E-state index is 0.0728. The first kappa shape index (κ1) is 24.8. The highest BCUT2D eigenvalue weighted by Gasteiger charge is 2.24. The fourth-order valence-electron chi connectivity index (χ4n) is 4.07. The molecular formula is C28H28IN3O. The van der Waals surface area contributed by atoms with Crippen molar-refractivity contribution < 1.29 is 4.74 Å². The second-order valence-electron chi connectivity index (χ2n) is 8.14. The van der Waals surface area contributed by atoms with Crippen molar-refractivity contribution in [2.75, 3.05) is 7.11 Å². The van der Waals surface area contributed by atoms with Gasteiger partial charge in [0.2, 0.25) is 0 Å². The molecule has 168 valence electrons. The van der Waals surface area contributed by atoms with E-state index in [-0.39, 0.29) is 18.0 Å². The van der Waals surface area contributed by atoms with Crippen LogP contribution in [0, 0.1) is 22.7 Å². The van der Waals surface area contributed by atoms with Crippen molar-refractivity contribution >= 4 is 22.6 Å². The van der Waals surface area contributed by atoms with Crippen LogP contribution in [0.15, 0.2) is 72.8 Å². The van der Waals surface area contributed by atoms with Crippen molar-refractivity contribution in [2.24, 2.45) is 0 Å². The van der Waals surface area contributed by atoms with Crippen molar-refractivity contribution in [3.63, 3.8) is 0 Å². The molecule has 0 aliphatic heterocycles. The zero-order chi connectivity index (χ0) is 23.6. The van der Waals surface area contributed by atoms with Gasteiger partial charge >= 0.3 is 0 Å². The number of ether oxygens (including phenoxy) is 1. The summed E-state index contributed by atoms with van der Waals surface area (Å²) in [6, 6.07) is 29.0. The predicted molar refractivity (Wildman–Crippen MR) is 140 cm³/mol. The molecule has 0 aliphatic carbocycles. The number of rotatable bonds is 10. The maximum Gasteiger partial charge on any atom is 0.118 e. The van der Waals surface area contributed by atoms with Crippen LogP contribution >= 0.6 is 22.6 Å². The van der Waals surface area contributed by atoms with Crippen LogP contribution in [0.5, 0.6) is 5.75 Å². The molecule has 33 heavy (non-hydrogen) atoms. The second-order valence-corrected chi connectivity index (χ2v) is 8.90. The van der Waals surface area contributed by atoms with Crippen molar-refractivity contribution in [3.05, 3.63) is 101 Å².